The summed E-state index contributed by atoms with van der Waals surface area (Å²) < 4.78 is 5.35. The van der Waals surface area contributed by atoms with Crippen molar-refractivity contribution in [1.82, 2.24) is 0 Å². The zero-order valence-electron chi connectivity index (χ0n) is 9.57. The summed E-state index contributed by atoms with van der Waals surface area (Å²) in [6.07, 6.45) is 0. The maximum atomic E-state index is 6.00. The molecule has 0 bridgehead atoms. The van der Waals surface area contributed by atoms with Crippen LogP contribution in [0.3, 0.4) is 0 Å². The summed E-state index contributed by atoms with van der Waals surface area (Å²) >= 11 is 1.86. The van der Waals surface area contributed by atoms with Gasteiger partial charge in [-0.1, -0.05) is 25.1 Å². The quantitative estimate of drug-likeness (QED) is 0.837. The van der Waals surface area contributed by atoms with Crippen LogP contribution >= 0.6 is 11.8 Å². The molecule has 0 amide bonds. The Kier molecular flexibility index (Phi) is 4.99. The van der Waals surface area contributed by atoms with Crippen LogP contribution in [0.4, 0.5) is 0 Å². The van der Waals surface area contributed by atoms with Crippen molar-refractivity contribution in [2.75, 3.05) is 12.9 Å². The number of benzene rings is 1. The summed E-state index contributed by atoms with van der Waals surface area (Å²) in [7, 11) is 1.70. The Morgan fingerprint density at radius 1 is 1.40 bits per heavy atom. The van der Waals surface area contributed by atoms with Crippen molar-refractivity contribution in [3.05, 3.63) is 29.8 Å². The first-order valence-electron chi connectivity index (χ1n) is 5.20. The summed E-state index contributed by atoms with van der Waals surface area (Å²) in [5.74, 6) is 1.99. The van der Waals surface area contributed by atoms with Crippen LogP contribution in [0.5, 0.6) is 5.75 Å². The Hall–Kier alpha value is -0.670. The third-order valence-electron chi connectivity index (χ3n) is 2.27. The zero-order valence-corrected chi connectivity index (χ0v) is 10.4. The molecule has 0 spiro atoms. The molecule has 0 fully saturated rings. The molecule has 0 aliphatic rings. The Morgan fingerprint density at radius 2 is 2.07 bits per heavy atom. The predicted molar refractivity (Wildman–Crippen MR) is 67.5 cm³/mol. The minimum absolute atomic E-state index is 0.131. The van der Waals surface area contributed by atoms with Crippen molar-refractivity contribution in [3.63, 3.8) is 0 Å². The molecule has 0 heterocycles. The Bertz CT molecular complexity index is 301. The average molecular weight is 225 g/mol. The van der Waals surface area contributed by atoms with Crippen LogP contribution in [-0.4, -0.2) is 18.9 Å². The van der Waals surface area contributed by atoms with E-state index in [-0.39, 0.29) is 6.04 Å². The lowest BCUT2D eigenvalue weighted by atomic mass is 10.1. The summed E-state index contributed by atoms with van der Waals surface area (Å²) in [5.41, 5.74) is 7.20. The van der Waals surface area contributed by atoms with E-state index in [9.17, 15) is 0 Å². The fourth-order valence-electron chi connectivity index (χ4n) is 1.61. The first kappa shape index (κ1) is 12.4. The lowest BCUT2D eigenvalue weighted by Crippen LogP contribution is -2.23. The molecule has 1 aromatic carbocycles. The number of para-hydroxylation sites is 1. The van der Waals surface area contributed by atoms with E-state index in [0.717, 1.165) is 11.5 Å². The van der Waals surface area contributed by atoms with Crippen LogP contribution in [-0.2, 0) is 0 Å². The third-order valence-corrected chi connectivity index (χ3v) is 3.64. The van der Waals surface area contributed by atoms with Gasteiger partial charge >= 0.3 is 0 Å². The molecule has 0 saturated carbocycles. The van der Waals surface area contributed by atoms with Gasteiger partial charge in [0.15, 0.2) is 0 Å². The van der Waals surface area contributed by atoms with Gasteiger partial charge in [-0.15, -0.1) is 0 Å². The number of nitrogens with two attached hydrogens (primary N) is 1. The van der Waals surface area contributed by atoms with E-state index in [4.69, 9.17) is 10.5 Å². The first-order chi connectivity index (χ1) is 7.20. The Balaban J connectivity index is 2.98. The summed E-state index contributed by atoms with van der Waals surface area (Å²) in [6, 6.07) is 8.23. The molecule has 84 valence electrons. The van der Waals surface area contributed by atoms with Gasteiger partial charge in [-0.05, 0) is 18.7 Å². The van der Waals surface area contributed by atoms with Crippen molar-refractivity contribution >= 4 is 11.8 Å². The van der Waals surface area contributed by atoms with Crippen LogP contribution < -0.4 is 10.5 Å². The molecular weight excluding hydrogens is 206 g/mol. The van der Waals surface area contributed by atoms with E-state index in [1.54, 1.807) is 7.11 Å². The Morgan fingerprint density at radius 3 is 2.60 bits per heavy atom. The minimum Gasteiger partial charge on any atom is -0.496 e. The molecule has 2 atom stereocenters. The van der Waals surface area contributed by atoms with Crippen molar-refractivity contribution in [2.24, 2.45) is 5.73 Å². The number of rotatable bonds is 5. The molecule has 0 aliphatic heterocycles. The number of thioether (sulfide) groups is 1. The summed E-state index contributed by atoms with van der Waals surface area (Å²) in [4.78, 5) is 0. The van der Waals surface area contributed by atoms with Crippen LogP contribution in [0.25, 0.3) is 0 Å². The molecule has 1 rings (SSSR count). The minimum atomic E-state index is 0.131. The highest BCUT2D eigenvalue weighted by molar-refractivity contribution is 7.99. The molecule has 2 nitrogen and oxygen atoms in total. The van der Waals surface area contributed by atoms with Crippen LogP contribution in [0.15, 0.2) is 24.3 Å². The average Bonchev–Trinajstić information content (AvgIpc) is 2.25. The fourth-order valence-corrected chi connectivity index (χ4v) is 2.64. The maximum Gasteiger partial charge on any atom is 0.123 e. The first-order valence-corrected chi connectivity index (χ1v) is 6.25. The fraction of sp³-hybridized carbons (Fsp3) is 0.500. The number of hydrogen-bond acceptors (Lipinski definition) is 3. The molecule has 0 aliphatic carbocycles. The lowest BCUT2D eigenvalue weighted by Gasteiger charge is -2.22. The molecule has 2 N–H and O–H groups in total. The monoisotopic (exact) mass is 225 g/mol. The number of ether oxygens (including phenoxy) is 1. The van der Waals surface area contributed by atoms with Crippen LogP contribution in [0.2, 0.25) is 0 Å². The normalized spacial score (nSPS) is 14.7. The molecule has 3 heteroatoms. The van der Waals surface area contributed by atoms with Gasteiger partial charge in [0.1, 0.15) is 5.75 Å². The van der Waals surface area contributed by atoms with E-state index in [0.29, 0.717) is 5.25 Å². The van der Waals surface area contributed by atoms with Gasteiger partial charge in [0.2, 0.25) is 0 Å². The smallest absolute Gasteiger partial charge is 0.123 e. The van der Waals surface area contributed by atoms with Crippen molar-refractivity contribution in [3.8, 4) is 5.75 Å². The molecule has 15 heavy (non-hydrogen) atoms. The predicted octanol–water partition coefficient (Wildman–Crippen LogP) is 2.84. The second kappa shape index (κ2) is 6.03. The van der Waals surface area contributed by atoms with E-state index in [1.807, 2.05) is 36.9 Å². The lowest BCUT2D eigenvalue weighted by molar-refractivity contribution is 0.408. The van der Waals surface area contributed by atoms with Crippen molar-refractivity contribution in [1.29, 1.82) is 0 Å². The molecule has 2 unspecified atom stereocenters. The molecule has 1 aromatic rings. The SMILES string of the molecule is CCSC(c1ccccc1OC)C(C)N. The second-order valence-electron chi connectivity index (χ2n) is 3.48. The maximum absolute atomic E-state index is 6.00. The van der Waals surface area contributed by atoms with Crippen LogP contribution in [0.1, 0.15) is 24.7 Å². The Labute approximate surface area is 96.2 Å². The van der Waals surface area contributed by atoms with Gasteiger partial charge in [0.05, 0.1) is 7.11 Å². The van der Waals surface area contributed by atoms with Gasteiger partial charge in [-0.25, -0.2) is 0 Å². The van der Waals surface area contributed by atoms with E-state index in [1.165, 1.54) is 5.56 Å². The number of methoxy groups -OCH3 is 1. The molecule has 0 radical (unpaired) electrons. The highest BCUT2D eigenvalue weighted by atomic mass is 32.2. The van der Waals surface area contributed by atoms with Gasteiger partial charge < -0.3 is 10.5 Å². The van der Waals surface area contributed by atoms with E-state index in [2.05, 4.69) is 13.0 Å². The number of hydrogen-bond donors (Lipinski definition) is 1. The molecular formula is C12H19NOS. The highest BCUT2D eigenvalue weighted by Gasteiger charge is 2.19. The highest BCUT2D eigenvalue weighted by Crippen LogP contribution is 2.36. The second-order valence-corrected chi connectivity index (χ2v) is 4.90. The van der Waals surface area contributed by atoms with Gasteiger partial charge in [0.25, 0.3) is 0 Å². The van der Waals surface area contributed by atoms with Gasteiger partial charge in [-0.2, -0.15) is 11.8 Å². The zero-order chi connectivity index (χ0) is 11.3. The molecule has 0 aromatic heterocycles. The van der Waals surface area contributed by atoms with E-state index < -0.39 is 0 Å². The topological polar surface area (TPSA) is 35.2 Å². The summed E-state index contributed by atoms with van der Waals surface area (Å²) in [5, 5.41) is 0.311. The van der Waals surface area contributed by atoms with Gasteiger partial charge in [-0.3, -0.25) is 0 Å². The largest absolute Gasteiger partial charge is 0.496 e. The van der Waals surface area contributed by atoms with Gasteiger partial charge in [0, 0.05) is 16.9 Å². The van der Waals surface area contributed by atoms with Crippen molar-refractivity contribution < 1.29 is 4.74 Å². The summed E-state index contributed by atoms with van der Waals surface area (Å²) in [6.45, 7) is 4.19. The third kappa shape index (κ3) is 3.14. The molecule has 0 saturated heterocycles. The van der Waals surface area contributed by atoms with E-state index >= 15 is 0 Å². The van der Waals surface area contributed by atoms with Crippen molar-refractivity contribution in [2.45, 2.75) is 25.1 Å². The standard InChI is InChI=1S/C12H19NOS/c1-4-15-12(9(2)13)10-7-5-6-8-11(10)14-3/h5-9,12H,4,13H2,1-3H3. The van der Waals surface area contributed by atoms with Crippen LogP contribution in [0, 0.1) is 0 Å².